The highest BCUT2D eigenvalue weighted by Gasteiger charge is 2.18. The zero-order chi connectivity index (χ0) is 20.5. The first-order valence-electron chi connectivity index (χ1n) is 8.92. The molecule has 1 aliphatic heterocycles. The van der Waals surface area contributed by atoms with Crippen molar-refractivity contribution in [1.82, 2.24) is 5.32 Å². The minimum Gasteiger partial charge on any atom is -0.486 e. The molecule has 2 aromatic carbocycles. The number of benzene rings is 2. The number of carbonyl (C=O) groups excluding carboxylic acids is 1. The number of hydrogen-bond donors (Lipinski definition) is 1. The van der Waals surface area contributed by atoms with Crippen LogP contribution in [0.3, 0.4) is 0 Å². The SMILES string of the molecule is Cc1cc(C(=O)NC(C)c2ccc3c(c2)OCCO3)ccc1N(C)S(C)(=O)=O. The molecule has 1 unspecified atom stereocenters. The molecule has 0 fully saturated rings. The Morgan fingerprint density at radius 2 is 1.79 bits per heavy atom. The van der Waals surface area contributed by atoms with Crippen LogP contribution in [-0.2, 0) is 10.0 Å². The highest BCUT2D eigenvalue weighted by molar-refractivity contribution is 7.92. The molecule has 2 aromatic rings. The largest absolute Gasteiger partial charge is 0.486 e. The van der Waals surface area contributed by atoms with Gasteiger partial charge in [0.25, 0.3) is 5.91 Å². The third-order valence-corrected chi connectivity index (χ3v) is 5.90. The van der Waals surface area contributed by atoms with Gasteiger partial charge in [-0.05, 0) is 55.3 Å². The molecule has 150 valence electrons. The van der Waals surface area contributed by atoms with Crippen molar-refractivity contribution in [1.29, 1.82) is 0 Å². The molecular formula is C20H24N2O5S. The molecule has 7 nitrogen and oxygen atoms in total. The van der Waals surface area contributed by atoms with Crippen LogP contribution in [-0.4, -0.2) is 40.8 Å². The Kier molecular flexibility index (Phi) is 5.51. The van der Waals surface area contributed by atoms with E-state index in [1.165, 1.54) is 11.4 Å². The monoisotopic (exact) mass is 404 g/mol. The predicted molar refractivity (Wildman–Crippen MR) is 108 cm³/mol. The van der Waals surface area contributed by atoms with Gasteiger partial charge in [0.05, 0.1) is 18.0 Å². The summed E-state index contributed by atoms with van der Waals surface area (Å²) in [4.78, 5) is 12.6. The minimum atomic E-state index is -3.36. The van der Waals surface area contributed by atoms with E-state index in [2.05, 4.69) is 5.32 Å². The average molecular weight is 404 g/mol. The van der Waals surface area contributed by atoms with Crippen LogP contribution in [0, 0.1) is 6.92 Å². The lowest BCUT2D eigenvalue weighted by Crippen LogP contribution is -2.28. The fraction of sp³-hybridized carbons (Fsp3) is 0.350. The van der Waals surface area contributed by atoms with Gasteiger partial charge in [-0.25, -0.2) is 8.42 Å². The summed E-state index contributed by atoms with van der Waals surface area (Å²) in [5.41, 5.74) is 2.61. The van der Waals surface area contributed by atoms with Crippen molar-refractivity contribution < 1.29 is 22.7 Å². The number of anilines is 1. The number of hydrogen-bond acceptors (Lipinski definition) is 5. The standard InChI is InChI=1S/C20H24N2O5S/c1-13-11-16(5-7-17(13)22(3)28(4,24)25)20(23)21-14(2)15-6-8-18-19(12-15)27-10-9-26-18/h5-8,11-12,14H,9-10H2,1-4H3,(H,21,23). The van der Waals surface area contributed by atoms with Crippen LogP contribution in [0.1, 0.15) is 34.5 Å². The summed E-state index contributed by atoms with van der Waals surface area (Å²) in [7, 11) is -1.88. The molecule has 0 spiro atoms. The molecule has 1 amide bonds. The van der Waals surface area contributed by atoms with Gasteiger partial charge in [-0.2, -0.15) is 0 Å². The van der Waals surface area contributed by atoms with Crippen LogP contribution in [0.25, 0.3) is 0 Å². The third-order valence-electron chi connectivity index (χ3n) is 4.71. The number of aryl methyl sites for hydroxylation is 1. The number of nitrogens with zero attached hydrogens (tertiary/aromatic N) is 1. The summed E-state index contributed by atoms with van der Waals surface area (Å²) < 4.78 is 35.8. The molecule has 1 heterocycles. The van der Waals surface area contributed by atoms with E-state index in [0.29, 0.717) is 41.5 Å². The van der Waals surface area contributed by atoms with E-state index in [4.69, 9.17) is 9.47 Å². The number of carbonyl (C=O) groups is 1. The van der Waals surface area contributed by atoms with E-state index in [1.54, 1.807) is 25.1 Å². The van der Waals surface area contributed by atoms with Crippen molar-refractivity contribution >= 4 is 21.6 Å². The number of ether oxygens (including phenoxy) is 2. The Hall–Kier alpha value is -2.74. The van der Waals surface area contributed by atoms with Crippen LogP contribution in [0.2, 0.25) is 0 Å². The summed E-state index contributed by atoms with van der Waals surface area (Å²) in [6.45, 7) is 4.70. The molecule has 1 atom stereocenters. The van der Waals surface area contributed by atoms with Crippen molar-refractivity contribution in [2.24, 2.45) is 0 Å². The molecule has 0 saturated heterocycles. The second-order valence-corrected chi connectivity index (χ2v) is 8.84. The lowest BCUT2D eigenvalue weighted by Gasteiger charge is -2.21. The Balaban J connectivity index is 1.75. The quantitative estimate of drug-likeness (QED) is 0.828. The summed E-state index contributed by atoms with van der Waals surface area (Å²) in [6, 6.07) is 10.3. The van der Waals surface area contributed by atoms with Crippen molar-refractivity contribution in [2.75, 3.05) is 30.8 Å². The maximum absolute atomic E-state index is 12.6. The van der Waals surface area contributed by atoms with Gasteiger partial charge in [0.1, 0.15) is 13.2 Å². The predicted octanol–water partition coefficient (Wildman–Crippen LogP) is 2.65. The van der Waals surface area contributed by atoms with Gasteiger partial charge in [0.15, 0.2) is 11.5 Å². The molecule has 1 N–H and O–H groups in total. The lowest BCUT2D eigenvalue weighted by atomic mass is 10.1. The molecule has 0 aliphatic carbocycles. The number of rotatable bonds is 5. The summed E-state index contributed by atoms with van der Waals surface area (Å²) in [5, 5.41) is 2.96. The maximum atomic E-state index is 12.6. The topological polar surface area (TPSA) is 84.9 Å². The van der Waals surface area contributed by atoms with E-state index in [0.717, 1.165) is 11.8 Å². The van der Waals surface area contributed by atoms with Gasteiger partial charge in [-0.3, -0.25) is 9.10 Å². The Morgan fingerprint density at radius 3 is 2.43 bits per heavy atom. The second-order valence-electron chi connectivity index (χ2n) is 6.83. The van der Waals surface area contributed by atoms with Crippen molar-refractivity contribution in [3.8, 4) is 11.5 Å². The van der Waals surface area contributed by atoms with Gasteiger partial charge in [0.2, 0.25) is 10.0 Å². The number of nitrogens with one attached hydrogen (secondary N) is 1. The van der Waals surface area contributed by atoms with Gasteiger partial charge in [0, 0.05) is 12.6 Å². The molecule has 0 bridgehead atoms. The molecule has 3 rings (SSSR count). The van der Waals surface area contributed by atoms with E-state index >= 15 is 0 Å². The van der Waals surface area contributed by atoms with Gasteiger partial charge in [-0.15, -0.1) is 0 Å². The fourth-order valence-electron chi connectivity index (χ4n) is 3.02. The van der Waals surface area contributed by atoms with Crippen LogP contribution in [0.4, 0.5) is 5.69 Å². The van der Waals surface area contributed by atoms with Crippen molar-refractivity contribution in [3.05, 3.63) is 53.1 Å². The summed E-state index contributed by atoms with van der Waals surface area (Å²) in [6.07, 6.45) is 1.14. The summed E-state index contributed by atoms with van der Waals surface area (Å²) >= 11 is 0. The molecule has 8 heteroatoms. The highest BCUT2D eigenvalue weighted by Crippen LogP contribution is 2.32. The molecule has 0 radical (unpaired) electrons. The summed E-state index contributed by atoms with van der Waals surface area (Å²) in [5.74, 6) is 1.14. The molecule has 0 aromatic heterocycles. The molecular weight excluding hydrogens is 380 g/mol. The van der Waals surface area contributed by atoms with E-state index in [9.17, 15) is 13.2 Å². The van der Waals surface area contributed by atoms with E-state index < -0.39 is 10.0 Å². The minimum absolute atomic E-state index is 0.234. The van der Waals surface area contributed by atoms with E-state index in [-0.39, 0.29) is 11.9 Å². The highest BCUT2D eigenvalue weighted by atomic mass is 32.2. The zero-order valence-corrected chi connectivity index (χ0v) is 17.2. The Bertz CT molecular complexity index is 1000. The van der Waals surface area contributed by atoms with Gasteiger partial charge < -0.3 is 14.8 Å². The van der Waals surface area contributed by atoms with Crippen LogP contribution in [0.15, 0.2) is 36.4 Å². The van der Waals surface area contributed by atoms with Gasteiger partial charge in [-0.1, -0.05) is 6.07 Å². The fourth-order valence-corrected chi connectivity index (χ4v) is 3.58. The van der Waals surface area contributed by atoms with Gasteiger partial charge >= 0.3 is 0 Å². The van der Waals surface area contributed by atoms with Crippen molar-refractivity contribution in [2.45, 2.75) is 19.9 Å². The average Bonchev–Trinajstić information content (AvgIpc) is 2.66. The molecule has 1 aliphatic rings. The number of amides is 1. The van der Waals surface area contributed by atoms with Crippen molar-refractivity contribution in [3.63, 3.8) is 0 Å². The first-order chi connectivity index (χ1) is 13.2. The second kappa shape index (κ2) is 7.71. The lowest BCUT2D eigenvalue weighted by molar-refractivity contribution is 0.0939. The zero-order valence-electron chi connectivity index (χ0n) is 16.4. The first kappa shape index (κ1) is 20.0. The van der Waals surface area contributed by atoms with Crippen LogP contribution in [0.5, 0.6) is 11.5 Å². The van der Waals surface area contributed by atoms with Crippen LogP contribution < -0.4 is 19.1 Å². The van der Waals surface area contributed by atoms with E-state index in [1.807, 2.05) is 25.1 Å². The maximum Gasteiger partial charge on any atom is 0.251 e. The Morgan fingerprint density at radius 1 is 1.11 bits per heavy atom. The number of sulfonamides is 1. The smallest absolute Gasteiger partial charge is 0.251 e. The van der Waals surface area contributed by atoms with Crippen LogP contribution >= 0.6 is 0 Å². The number of fused-ring (bicyclic) bond motifs is 1. The molecule has 28 heavy (non-hydrogen) atoms. The normalized spacial score (nSPS) is 14.3. The molecule has 0 saturated carbocycles. The third kappa shape index (κ3) is 4.22. The first-order valence-corrected chi connectivity index (χ1v) is 10.8. The Labute approximate surface area is 165 Å².